The molecule has 0 spiro atoms. The summed E-state index contributed by atoms with van der Waals surface area (Å²) >= 11 is 0. The molecule has 3 nitrogen and oxygen atoms in total. The van der Waals surface area contributed by atoms with Crippen LogP contribution in [0, 0.1) is 0 Å². The van der Waals surface area contributed by atoms with Crippen molar-refractivity contribution in [3.05, 3.63) is 29.8 Å². The monoisotopic (exact) mass is 223 g/mol. The van der Waals surface area contributed by atoms with Crippen LogP contribution in [-0.4, -0.2) is 19.3 Å². The minimum atomic E-state index is -0.170. The standard InChI is InChI=1S/C13H21NO2/c1-13(2,3)16-11-7-5-10(6-8-11)12(14)9-15-4/h5-8,12H,9,14H2,1-4H3. The molecule has 0 aliphatic heterocycles. The molecule has 1 rings (SSSR count). The summed E-state index contributed by atoms with van der Waals surface area (Å²) in [7, 11) is 1.65. The van der Waals surface area contributed by atoms with E-state index in [1.807, 2.05) is 45.0 Å². The van der Waals surface area contributed by atoms with Gasteiger partial charge in [0.1, 0.15) is 11.4 Å². The average molecular weight is 223 g/mol. The van der Waals surface area contributed by atoms with Crippen molar-refractivity contribution in [3.63, 3.8) is 0 Å². The lowest BCUT2D eigenvalue weighted by molar-refractivity contribution is 0.131. The highest BCUT2D eigenvalue weighted by Gasteiger charge is 2.12. The van der Waals surface area contributed by atoms with E-state index < -0.39 is 0 Å². The summed E-state index contributed by atoms with van der Waals surface area (Å²) in [5, 5.41) is 0. The van der Waals surface area contributed by atoms with Crippen LogP contribution in [0.4, 0.5) is 0 Å². The molecule has 1 aromatic carbocycles. The van der Waals surface area contributed by atoms with Gasteiger partial charge in [0.15, 0.2) is 0 Å². The summed E-state index contributed by atoms with van der Waals surface area (Å²) in [6, 6.07) is 7.76. The molecule has 0 aliphatic carbocycles. The van der Waals surface area contributed by atoms with E-state index >= 15 is 0 Å². The minimum Gasteiger partial charge on any atom is -0.488 e. The van der Waals surface area contributed by atoms with Gasteiger partial charge in [-0.15, -0.1) is 0 Å². The van der Waals surface area contributed by atoms with Gasteiger partial charge in [-0.05, 0) is 38.5 Å². The van der Waals surface area contributed by atoms with Gasteiger partial charge in [0.2, 0.25) is 0 Å². The van der Waals surface area contributed by atoms with Gasteiger partial charge in [-0.3, -0.25) is 0 Å². The zero-order valence-corrected chi connectivity index (χ0v) is 10.5. The van der Waals surface area contributed by atoms with Crippen molar-refractivity contribution < 1.29 is 9.47 Å². The number of rotatable bonds is 4. The molecule has 0 fully saturated rings. The van der Waals surface area contributed by atoms with Gasteiger partial charge in [-0.1, -0.05) is 12.1 Å². The SMILES string of the molecule is COCC(N)c1ccc(OC(C)(C)C)cc1. The van der Waals surface area contributed by atoms with E-state index in [1.165, 1.54) is 0 Å². The number of ether oxygens (including phenoxy) is 2. The smallest absolute Gasteiger partial charge is 0.120 e. The van der Waals surface area contributed by atoms with E-state index in [1.54, 1.807) is 7.11 Å². The van der Waals surface area contributed by atoms with Crippen molar-refractivity contribution in [3.8, 4) is 5.75 Å². The second-order valence-electron chi connectivity index (χ2n) is 4.85. The van der Waals surface area contributed by atoms with E-state index in [0.717, 1.165) is 11.3 Å². The molecule has 1 unspecified atom stereocenters. The quantitative estimate of drug-likeness (QED) is 0.853. The highest BCUT2D eigenvalue weighted by molar-refractivity contribution is 5.29. The van der Waals surface area contributed by atoms with E-state index in [2.05, 4.69) is 0 Å². The van der Waals surface area contributed by atoms with Crippen LogP contribution >= 0.6 is 0 Å². The van der Waals surface area contributed by atoms with E-state index in [9.17, 15) is 0 Å². The maximum absolute atomic E-state index is 5.92. The molecule has 0 radical (unpaired) electrons. The van der Waals surface area contributed by atoms with Crippen molar-refractivity contribution >= 4 is 0 Å². The number of benzene rings is 1. The van der Waals surface area contributed by atoms with E-state index in [0.29, 0.717) is 6.61 Å². The molecule has 0 saturated heterocycles. The highest BCUT2D eigenvalue weighted by Crippen LogP contribution is 2.20. The van der Waals surface area contributed by atoms with Crippen LogP contribution in [0.5, 0.6) is 5.75 Å². The van der Waals surface area contributed by atoms with Gasteiger partial charge in [0.05, 0.1) is 12.6 Å². The van der Waals surface area contributed by atoms with Crippen LogP contribution in [0.25, 0.3) is 0 Å². The first-order chi connectivity index (χ1) is 7.42. The molecular formula is C13H21NO2. The van der Waals surface area contributed by atoms with Crippen LogP contribution in [0.1, 0.15) is 32.4 Å². The van der Waals surface area contributed by atoms with Gasteiger partial charge in [0.25, 0.3) is 0 Å². The molecule has 1 aromatic rings. The Hall–Kier alpha value is -1.06. The summed E-state index contributed by atoms with van der Waals surface area (Å²) in [6.45, 7) is 6.60. The molecule has 0 amide bonds. The Balaban J connectivity index is 2.68. The largest absolute Gasteiger partial charge is 0.488 e. The summed E-state index contributed by atoms with van der Waals surface area (Å²) in [5.74, 6) is 0.862. The van der Waals surface area contributed by atoms with E-state index in [4.69, 9.17) is 15.2 Å². The van der Waals surface area contributed by atoms with Crippen molar-refractivity contribution in [1.82, 2.24) is 0 Å². The van der Waals surface area contributed by atoms with Crippen LogP contribution in [0.15, 0.2) is 24.3 Å². The first-order valence-corrected chi connectivity index (χ1v) is 5.46. The Bertz CT molecular complexity index is 314. The molecule has 0 heterocycles. The summed E-state index contributed by atoms with van der Waals surface area (Å²) < 4.78 is 10.7. The predicted octanol–water partition coefficient (Wildman–Crippen LogP) is 2.51. The maximum Gasteiger partial charge on any atom is 0.120 e. The molecule has 1 atom stereocenters. The van der Waals surface area contributed by atoms with Gasteiger partial charge in [0, 0.05) is 7.11 Å². The Morgan fingerprint density at radius 2 is 1.75 bits per heavy atom. The molecule has 90 valence electrons. The Morgan fingerprint density at radius 3 is 2.19 bits per heavy atom. The minimum absolute atomic E-state index is 0.0753. The fourth-order valence-electron chi connectivity index (χ4n) is 1.41. The van der Waals surface area contributed by atoms with Crippen LogP contribution in [0.3, 0.4) is 0 Å². The third-order valence-electron chi connectivity index (χ3n) is 2.08. The third-order valence-corrected chi connectivity index (χ3v) is 2.08. The Morgan fingerprint density at radius 1 is 1.19 bits per heavy atom. The van der Waals surface area contributed by atoms with Crippen molar-refractivity contribution in [2.24, 2.45) is 5.73 Å². The third kappa shape index (κ3) is 4.21. The predicted molar refractivity (Wildman–Crippen MR) is 65.6 cm³/mol. The molecule has 16 heavy (non-hydrogen) atoms. The van der Waals surface area contributed by atoms with Gasteiger partial charge >= 0.3 is 0 Å². The topological polar surface area (TPSA) is 44.5 Å². The second kappa shape index (κ2) is 5.32. The molecule has 0 bridgehead atoms. The fourth-order valence-corrected chi connectivity index (χ4v) is 1.41. The van der Waals surface area contributed by atoms with Crippen molar-refractivity contribution in [2.75, 3.05) is 13.7 Å². The number of methoxy groups -OCH3 is 1. The zero-order chi connectivity index (χ0) is 12.2. The summed E-state index contributed by atoms with van der Waals surface area (Å²) in [5.41, 5.74) is 6.80. The average Bonchev–Trinajstić information content (AvgIpc) is 2.16. The fraction of sp³-hybridized carbons (Fsp3) is 0.538. The maximum atomic E-state index is 5.92. The molecule has 2 N–H and O–H groups in total. The molecular weight excluding hydrogens is 202 g/mol. The molecule has 0 aliphatic rings. The van der Waals surface area contributed by atoms with E-state index in [-0.39, 0.29) is 11.6 Å². The summed E-state index contributed by atoms with van der Waals surface area (Å²) in [6.07, 6.45) is 0. The zero-order valence-electron chi connectivity index (χ0n) is 10.5. The number of nitrogens with two attached hydrogens (primary N) is 1. The van der Waals surface area contributed by atoms with Crippen LogP contribution < -0.4 is 10.5 Å². The van der Waals surface area contributed by atoms with Crippen LogP contribution in [0.2, 0.25) is 0 Å². The van der Waals surface area contributed by atoms with Crippen molar-refractivity contribution in [1.29, 1.82) is 0 Å². The Kier molecular flexibility index (Phi) is 4.33. The lowest BCUT2D eigenvalue weighted by atomic mass is 10.1. The second-order valence-corrected chi connectivity index (χ2v) is 4.85. The Labute approximate surface area is 97.6 Å². The number of hydrogen-bond acceptors (Lipinski definition) is 3. The van der Waals surface area contributed by atoms with Gasteiger partial charge in [-0.25, -0.2) is 0 Å². The molecule has 0 saturated carbocycles. The first-order valence-electron chi connectivity index (χ1n) is 5.46. The lowest BCUT2D eigenvalue weighted by Gasteiger charge is -2.21. The highest BCUT2D eigenvalue weighted by atomic mass is 16.5. The molecule has 0 aromatic heterocycles. The van der Waals surface area contributed by atoms with Crippen LogP contribution in [-0.2, 0) is 4.74 Å². The molecule has 3 heteroatoms. The van der Waals surface area contributed by atoms with Gasteiger partial charge < -0.3 is 15.2 Å². The summed E-state index contributed by atoms with van der Waals surface area (Å²) in [4.78, 5) is 0. The van der Waals surface area contributed by atoms with Crippen molar-refractivity contribution in [2.45, 2.75) is 32.4 Å². The first kappa shape index (κ1) is 13.0. The van der Waals surface area contributed by atoms with Gasteiger partial charge in [-0.2, -0.15) is 0 Å². The normalized spacial score (nSPS) is 13.6. The lowest BCUT2D eigenvalue weighted by Crippen LogP contribution is -2.23. The number of hydrogen-bond donors (Lipinski definition) is 1.